The molecule has 1 aromatic rings. The first-order valence-corrected chi connectivity index (χ1v) is 6.19. The Labute approximate surface area is 113 Å². The highest BCUT2D eigenvalue weighted by atomic mass is 35.5. The molecule has 0 spiro atoms. The molecule has 0 aliphatic rings. The van der Waals surface area contributed by atoms with Crippen molar-refractivity contribution in [2.24, 2.45) is 11.7 Å². The molecule has 1 amide bonds. The van der Waals surface area contributed by atoms with Gasteiger partial charge in [-0.15, -0.1) is 0 Å². The van der Waals surface area contributed by atoms with Crippen LogP contribution in [0.1, 0.15) is 29.8 Å². The molecule has 3 nitrogen and oxygen atoms in total. The molecule has 0 heterocycles. The van der Waals surface area contributed by atoms with Gasteiger partial charge in [0.15, 0.2) is 0 Å². The lowest BCUT2D eigenvalue weighted by atomic mass is 10.1. The number of hydrogen-bond acceptors (Lipinski definition) is 2. The minimum atomic E-state index is -0.121. The van der Waals surface area contributed by atoms with Crippen LogP contribution in [0.3, 0.4) is 0 Å². The Bertz CT molecular complexity index is 486. The van der Waals surface area contributed by atoms with Gasteiger partial charge in [0.25, 0.3) is 5.91 Å². The number of nitrogens with two attached hydrogens (primary N) is 1. The Hall–Kier alpha value is -1.50. The van der Waals surface area contributed by atoms with Crippen molar-refractivity contribution in [2.75, 3.05) is 13.1 Å². The van der Waals surface area contributed by atoms with Crippen molar-refractivity contribution in [3.05, 3.63) is 34.3 Å². The van der Waals surface area contributed by atoms with Gasteiger partial charge in [0.05, 0.1) is 11.6 Å². The van der Waals surface area contributed by atoms with Crippen LogP contribution in [0, 0.1) is 17.8 Å². The molecule has 0 aliphatic heterocycles. The SMILES string of the molecule is CC(C)CNC(=O)c1ccc(C#CCN)c(Cl)c1. The first-order valence-electron chi connectivity index (χ1n) is 5.81. The molecular formula is C14H17ClN2O. The number of carbonyl (C=O) groups excluding carboxylic acids is 1. The molecule has 0 saturated carbocycles. The van der Waals surface area contributed by atoms with Crippen molar-refractivity contribution in [3.63, 3.8) is 0 Å². The fourth-order valence-corrected chi connectivity index (χ4v) is 1.53. The molecule has 4 heteroatoms. The van der Waals surface area contributed by atoms with Gasteiger partial charge in [-0.3, -0.25) is 4.79 Å². The number of halogens is 1. The molecule has 96 valence electrons. The van der Waals surface area contributed by atoms with E-state index in [1.165, 1.54) is 0 Å². The maximum atomic E-state index is 11.8. The molecule has 0 unspecified atom stereocenters. The Balaban J connectivity index is 2.80. The summed E-state index contributed by atoms with van der Waals surface area (Å²) in [5.41, 5.74) is 6.52. The summed E-state index contributed by atoms with van der Waals surface area (Å²) in [7, 11) is 0. The molecule has 0 aliphatic carbocycles. The smallest absolute Gasteiger partial charge is 0.251 e. The summed E-state index contributed by atoms with van der Waals surface area (Å²) in [5.74, 6) is 5.87. The largest absolute Gasteiger partial charge is 0.352 e. The van der Waals surface area contributed by atoms with Crippen LogP contribution in [0.15, 0.2) is 18.2 Å². The summed E-state index contributed by atoms with van der Waals surface area (Å²) in [4.78, 5) is 11.8. The van der Waals surface area contributed by atoms with Gasteiger partial charge in [0.1, 0.15) is 0 Å². The summed E-state index contributed by atoms with van der Waals surface area (Å²) >= 11 is 6.05. The van der Waals surface area contributed by atoms with Crippen LogP contribution >= 0.6 is 11.6 Å². The van der Waals surface area contributed by atoms with E-state index in [4.69, 9.17) is 17.3 Å². The minimum absolute atomic E-state index is 0.121. The van der Waals surface area contributed by atoms with Crippen molar-refractivity contribution < 1.29 is 4.79 Å². The first-order chi connectivity index (χ1) is 8.54. The number of carbonyl (C=O) groups is 1. The van der Waals surface area contributed by atoms with Gasteiger partial charge in [0.2, 0.25) is 0 Å². The summed E-state index contributed by atoms with van der Waals surface area (Å²) in [6.07, 6.45) is 0. The fraction of sp³-hybridized carbons (Fsp3) is 0.357. The number of nitrogens with one attached hydrogen (secondary N) is 1. The molecule has 1 aromatic carbocycles. The molecule has 0 fully saturated rings. The standard InChI is InChI=1S/C14H17ClN2O/c1-10(2)9-17-14(18)12-6-5-11(4-3-7-16)13(15)8-12/h5-6,8,10H,7,9,16H2,1-2H3,(H,17,18). The number of amides is 1. The molecular weight excluding hydrogens is 248 g/mol. The lowest BCUT2D eigenvalue weighted by Gasteiger charge is -2.08. The highest BCUT2D eigenvalue weighted by Gasteiger charge is 2.08. The van der Waals surface area contributed by atoms with E-state index in [-0.39, 0.29) is 12.5 Å². The van der Waals surface area contributed by atoms with E-state index >= 15 is 0 Å². The van der Waals surface area contributed by atoms with Crippen LogP contribution in [-0.4, -0.2) is 19.0 Å². The maximum absolute atomic E-state index is 11.8. The molecule has 0 aromatic heterocycles. The first kappa shape index (κ1) is 14.6. The van der Waals surface area contributed by atoms with Crippen molar-refractivity contribution in [3.8, 4) is 11.8 Å². The molecule has 0 atom stereocenters. The van der Waals surface area contributed by atoms with Crippen LogP contribution in [0.2, 0.25) is 5.02 Å². The van der Waals surface area contributed by atoms with Gasteiger partial charge in [0, 0.05) is 17.7 Å². The van der Waals surface area contributed by atoms with Crippen LogP contribution in [-0.2, 0) is 0 Å². The zero-order valence-electron chi connectivity index (χ0n) is 10.6. The monoisotopic (exact) mass is 264 g/mol. The molecule has 0 radical (unpaired) electrons. The highest BCUT2D eigenvalue weighted by Crippen LogP contribution is 2.17. The van der Waals surface area contributed by atoms with Gasteiger partial charge in [-0.2, -0.15) is 0 Å². The van der Waals surface area contributed by atoms with Gasteiger partial charge in [-0.05, 0) is 24.1 Å². The topological polar surface area (TPSA) is 55.1 Å². The zero-order valence-corrected chi connectivity index (χ0v) is 11.3. The van der Waals surface area contributed by atoms with Crippen molar-refractivity contribution >= 4 is 17.5 Å². The second-order valence-corrected chi connectivity index (χ2v) is 4.71. The average Bonchev–Trinajstić information content (AvgIpc) is 2.34. The van der Waals surface area contributed by atoms with E-state index in [0.717, 1.165) is 0 Å². The minimum Gasteiger partial charge on any atom is -0.352 e. The van der Waals surface area contributed by atoms with Gasteiger partial charge in [-0.1, -0.05) is 37.3 Å². The normalized spacial score (nSPS) is 9.83. The van der Waals surface area contributed by atoms with Crippen LogP contribution in [0.25, 0.3) is 0 Å². The van der Waals surface area contributed by atoms with Crippen LogP contribution < -0.4 is 11.1 Å². The van der Waals surface area contributed by atoms with E-state index in [2.05, 4.69) is 17.2 Å². The average molecular weight is 265 g/mol. The summed E-state index contributed by atoms with van der Waals surface area (Å²) in [5, 5.41) is 3.30. The molecule has 3 N–H and O–H groups in total. The highest BCUT2D eigenvalue weighted by molar-refractivity contribution is 6.32. The van der Waals surface area contributed by atoms with Crippen LogP contribution in [0.5, 0.6) is 0 Å². The molecule has 18 heavy (non-hydrogen) atoms. The molecule has 1 rings (SSSR count). The number of benzene rings is 1. The zero-order chi connectivity index (χ0) is 13.5. The van der Waals surface area contributed by atoms with E-state index in [0.29, 0.717) is 28.6 Å². The van der Waals surface area contributed by atoms with Gasteiger partial charge in [-0.25, -0.2) is 0 Å². The number of hydrogen-bond donors (Lipinski definition) is 2. The van der Waals surface area contributed by atoms with E-state index in [9.17, 15) is 4.79 Å². The predicted molar refractivity (Wildman–Crippen MR) is 74.6 cm³/mol. The second kappa shape index (κ2) is 7.05. The number of rotatable bonds is 3. The Morgan fingerprint density at radius 2 is 2.22 bits per heavy atom. The quantitative estimate of drug-likeness (QED) is 0.821. The van der Waals surface area contributed by atoms with Crippen LogP contribution in [0.4, 0.5) is 0 Å². The van der Waals surface area contributed by atoms with Gasteiger partial charge >= 0.3 is 0 Å². The lowest BCUT2D eigenvalue weighted by Crippen LogP contribution is -2.27. The van der Waals surface area contributed by atoms with Crippen molar-refractivity contribution in [1.82, 2.24) is 5.32 Å². The lowest BCUT2D eigenvalue weighted by molar-refractivity contribution is 0.0949. The van der Waals surface area contributed by atoms with E-state index in [1.54, 1.807) is 18.2 Å². The summed E-state index contributed by atoms with van der Waals surface area (Å²) in [6.45, 7) is 5.01. The second-order valence-electron chi connectivity index (χ2n) is 4.30. The predicted octanol–water partition coefficient (Wildman–Crippen LogP) is 2.04. The van der Waals surface area contributed by atoms with Crippen molar-refractivity contribution in [2.45, 2.75) is 13.8 Å². The molecule has 0 saturated heterocycles. The Morgan fingerprint density at radius 1 is 1.50 bits per heavy atom. The van der Waals surface area contributed by atoms with Gasteiger partial charge < -0.3 is 11.1 Å². The third kappa shape index (κ3) is 4.40. The van der Waals surface area contributed by atoms with Crippen molar-refractivity contribution in [1.29, 1.82) is 0 Å². The summed E-state index contributed by atoms with van der Waals surface area (Å²) < 4.78 is 0. The Morgan fingerprint density at radius 3 is 2.78 bits per heavy atom. The van der Waals surface area contributed by atoms with E-state index in [1.807, 2.05) is 13.8 Å². The molecule has 0 bridgehead atoms. The third-order valence-electron chi connectivity index (χ3n) is 2.23. The summed E-state index contributed by atoms with van der Waals surface area (Å²) in [6, 6.07) is 5.06. The maximum Gasteiger partial charge on any atom is 0.251 e. The van der Waals surface area contributed by atoms with E-state index < -0.39 is 0 Å². The fourth-order valence-electron chi connectivity index (χ4n) is 1.30. The Kier molecular flexibility index (Phi) is 5.70. The third-order valence-corrected chi connectivity index (χ3v) is 2.54.